The van der Waals surface area contributed by atoms with Crippen molar-refractivity contribution in [2.75, 3.05) is 0 Å². The van der Waals surface area contributed by atoms with E-state index in [2.05, 4.69) is 10.6 Å². The van der Waals surface area contributed by atoms with Gasteiger partial charge in [0.2, 0.25) is 5.91 Å². The zero-order valence-corrected chi connectivity index (χ0v) is 20.1. The predicted molar refractivity (Wildman–Crippen MR) is 122 cm³/mol. The fraction of sp³-hybridized carbons (Fsp3) is 0.652. The quantitative estimate of drug-likeness (QED) is 0.517. The highest BCUT2D eigenvalue weighted by atomic mass is 32.1. The number of hydrogen-bond acceptors (Lipinski definition) is 6. The largest absolute Gasteiger partial charge is 0.444 e. The molecule has 2 rings (SSSR count). The molecule has 0 bridgehead atoms. The van der Waals surface area contributed by atoms with E-state index in [1.807, 2.05) is 37.4 Å². The maximum atomic E-state index is 12.6. The number of carbonyl (C=O) groups excluding carboxylic acids is 2. The van der Waals surface area contributed by atoms with Crippen LogP contribution in [0.5, 0.6) is 0 Å². The van der Waals surface area contributed by atoms with Crippen LogP contribution in [0.2, 0.25) is 0 Å². The van der Waals surface area contributed by atoms with Crippen molar-refractivity contribution in [3.63, 3.8) is 0 Å². The molecule has 1 aliphatic carbocycles. The Morgan fingerprint density at radius 2 is 1.94 bits per heavy atom. The molecule has 2 amide bonds. The Morgan fingerprint density at radius 1 is 1.26 bits per heavy atom. The van der Waals surface area contributed by atoms with E-state index in [1.54, 1.807) is 20.8 Å². The van der Waals surface area contributed by atoms with Crippen LogP contribution in [0.25, 0.3) is 0 Å². The van der Waals surface area contributed by atoms with Gasteiger partial charge in [-0.3, -0.25) is 4.79 Å². The number of ether oxygens (including phenoxy) is 2. The molecule has 0 fully saturated rings. The molecule has 1 aliphatic rings. The normalized spacial score (nSPS) is 22.6. The average Bonchev–Trinajstić information content (AvgIpc) is 3.20. The number of carbonyl (C=O) groups is 2. The van der Waals surface area contributed by atoms with Gasteiger partial charge in [-0.25, -0.2) is 4.79 Å². The first-order valence-electron chi connectivity index (χ1n) is 10.9. The third-order valence-corrected chi connectivity index (χ3v) is 6.04. The number of aliphatic hydroxyl groups is 1. The third kappa shape index (κ3) is 7.63. The van der Waals surface area contributed by atoms with Gasteiger partial charge in [0, 0.05) is 11.8 Å². The molecule has 1 unspecified atom stereocenters. The Labute approximate surface area is 189 Å². The lowest BCUT2D eigenvalue weighted by Gasteiger charge is -2.40. The van der Waals surface area contributed by atoms with Gasteiger partial charge in [-0.1, -0.05) is 26.0 Å². The van der Waals surface area contributed by atoms with Gasteiger partial charge >= 0.3 is 6.09 Å². The summed E-state index contributed by atoms with van der Waals surface area (Å²) in [7, 11) is 0. The van der Waals surface area contributed by atoms with E-state index in [-0.39, 0.29) is 12.0 Å². The fourth-order valence-corrected chi connectivity index (χ4v) is 4.43. The van der Waals surface area contributed by atoms with Gasteiger partial charge in [-0.05, 0) is 57.1 Å². The summed E-state index contributed by atoms with van der Waals surface area (Å²) in [6.07, 6.45) is 2.02. The van der Waals surface area contributed by atoms with E-state index in [4.69, 9.17) is 9.47 Å². The molecule has 0 saturated heterocycles. The Kier molecular flexibility index (Phi) is 9.09. The van der Waals surface area contributed by atoms with E-state index in [1.165, 1.54) is 18.3 Å². The van der Waals surface area contributed by atoms with Gasteiger partial charge in [0.1, 0.15) is 11.7 Å². The minimum atomic E-state index is -0.786. The van der Waals surface area contributed by atoms with Crippen molar-refractivity contribution < 1.29 is 24.2 Å². The van der Waals surface area contributed by atoms with Gasteiger partial charge in [0.05, 0.1) is 24.3 Å². The van der Waals surface area contributed by atoms with Crippen molar-refractivity contribution in [1.29, 1.82) is 0 Å². The number of thiophene rings is 1. The van der Waals surface area contributed by atoms with Crippen molar-refractivity contribution in [3.8, 4) is 0 Å². The molecule has 0 spiro atoms. The Hall–Kier alpha value is -1.90. The summed E-state index contributed by atoms with van der Waals surface area (Å²) in [6, 6.07) is 2.80. The van der Waals surface area contributed by atoms with Crippen LogP contribution < -0.4 is 10.6 Å². The van der Waals surface area contributed by atoms with Crippen molar-refractivity contribution in [1.82, 2.24) is 10.6 Å². The number of amides is 2. The van der Waals surface area contributed by atoms with Crippen LogP contribution >= 0.6 is 11.3 Å². The lowest BCUT2D eigenvalue weighted by atomic mass is 9.85. The van der Waals surface area contributed by atoms with Crippen LogP contribution in [-0.4, -0.2) is 47.0 Å². The van der Waals surface area contributed by atoms with Gasteiger partial charge < -0.3 is 25.2 Å². The second kappa shape index (κ2) is 11.1. The van der Waals surface area contributed by atoms with E-state index < -0.39 is 36.0 Å². The molecule has 31 heavy (non-hydrogen) atoms. The molecule has 0 aliphatic heterocycles. The molecule has 0 saturated carbocycles. The van der Waals surface area contributed by atoms with Crippen LogP contribution in [0.4, 0.5) is 4.79 Å². The third-order valence-electron chi connectivity index (χ3n) is 5.12. The first-order valence-corrected chi connectivity index (χ1v) is 11.8. The first kappa shape index (κ1) is 25.4. The minimum absolute atomic E-state index is 0.0135. The predicted octanol–water partition coefficient (Wildman–Crippen LogP) is 4.08. The summed E-state index contributed by atoms with van der Waals surface area (Å²) in [4.78, 5) is 25.3. The molecule has 7 nitrogen and oxygen atoms in total. The zero-order valence-electron chi connectivity index (χ0n) is 19.3. The molecule has 8 heteroatoms. The van der Waals surface area contributed by atoms with Crippen LogP contribution in [0.15, 0.2) is 29.2 Å². The van der Waals surface area contributed by atoms with Crippen LogP contribution in [-0.2, 0) is 14.3 Å². The van der Waals surface area contributed by atoms with Crippen molar-refractivity contribution in [3.05, 3.63) is 34.0 Å². The summed E-state index contributed by atoms with van der Waals surface area (Å²) in [5.41, 5.74) is 0.115. The van der Waals surface area contributed by atoms with Crippen molar-refractivity contribution >= 4 is 23.3 Å². The van der Waals surface area contributed by atoms with Crippen molar-refractivity contribution in [2.45, 2.75) is 96.8 Å². The lowest BCUT2D eigenvalue weighted by molar-refractivity contribution is -0.120. The maximum Gasteiger partial charge on any atom is 0.408 e. The van der Waals surface area contributed by atoms with Crippen LogP contribution in [0.3, 0.4) is 0 Å². The highest BCUT2D eigenvalue weighted by Crippen LogP contribution is 2.34. The number of nitrogens with one attached hydrogen (secondary N) is 2. The SMILES string of the molecule is CCC(CC)O[C@@H]1C=C(C(O)c2cccs2)C[C@H](NC(C)=O)[C@H]1NC(=O)OC(C)(C)C. The summed E-state index contributed by atoms with van der Waals surface area (Å²) >= 11 is 1.47. The van der Waals surface area contributed by atoms with Gasteiger partial charge in [0.15, 0.2) is 0 Å². The fourth-order valence-electron chi connectivity index (χ4n) is 3.68. The average molecular weight is 453 g/mol. The summed E-state index contributed by atoms with van der Waals surface area (Å²) in [6.45, 7) is 10.9. The molecule has 1 aromatic rings. The van der Waals surface area contributed by atoms with Gasteiger partial charge in [-0.15, -0.1) is 11.3 Å². The van der Waals surface area contributed by atoms with E-state index in [0.29, 0.717) is 6.42 Å². The smallest absolute Gasteiger partial charge is 0.408 e. The maximum absolute atomic E-state index is 12.6. The zero-order chi connectivity index (χ0) is 23.2. The molecule has 174 valence electrons. The lowest BCUT2D eigenvalue weighted by Crippen LogP contribution is -2.60. The molecule has 4 atom stereocenters. The summed E-state index contributed by atoms with van der Waals surface area (Å²) in [5, 5.41) is 18.7. The Balaban J connectivity index is 2.37. The second-order valence-electron chi connectivity index (χ2n) is 8.88. The monoisotopic (exact) mass is 452 g/mol. The van der Waals surface area contributed by atoms with E-state index >= 15 is 0 Å². The standard InChI is InChI=1S/C23H36N2O5S/c1-7-16(8-2)29-18-13-15(21(27)19-10-9-11-31-19)12-17(24-14(3)26)20(18)25-22(28)30-23(4,5)6/h9-11,13,16-18,20-21,27H,7-8,12H2,1-6H3,(H,24,26)(H,25,28)/t17-,18+,20+,21?/m0/s1. The van der Waals surface area contributed by atoms with Gasteiger partial charge in [0.25, 0.3) is 0 Å². The highest BCUT2D eigenvalue weighted by Gasteiger charge is 2.39. The first-order chi connectivity index (χ1) is 14.5. The number of rotatable bonds is 8. The Bertz CT molecular complexity index is 753. The van der Waals surface area contributed by atoms with E-state index in [9.17, 15) is 14.7 Å². The topological polar surface area (TPSA) is 96.9 Å². The molecule has 0 radical (unpaired) electrons. The van der Waals surface area contributed by atoms with Crippen LogP contribution in [0.1, 0.15) is 71.8 Å². The minimum Gasteiger partial charge on any atom is -0.444 e. The highest BCUT2D eigenvalue weighted by molar-refractivity contribution is 7.10. The molecule has 1 aromatic heterocycles. The Morgan fingerprint density at radius 3 is 2.45 bits per heavy atom. The van der Waals surface area contributed by atoms with E-state index in [0.717, 1.165) is 23.3 Å². The van der Waals surface area contributed by atoms with Crippen LogP contribution in [0, 0.1) is 0 Å². The summed E-state index contributed by atoms with van der Waals surface area (Å²) in [5.74, 6) is -0.214. The number of hydrogen-bond donors (Lipinski definition) is 3. The second-order valence-corrected chi connectivity index (χ2v) is 9.86. The van der Waals surface area contributed by atoms with Crippen molar-refractivity contribution in [2.24, 2.45) is 0 Å². The number of alkyl carbamates (subject to hydrolysis) is 1. The summed E-state index contributed by atoms with van der Waals surface area (Å²) < 4.78 is 11.8. The molecular weight excluding hydrogens is 416 g/mol. The molecule has 1 heterocycles. The number of aliphatic hydroxyl groups excluding tert-OH is 1. The molecular formula is C23H36N2O5S. The van der Waals surface area contributed by atoms with Gasteiger partial charge in [-0.2, -0.15) is 0 Å². The molecule has 3 N–H and O–H groups in total. The molecule has 0 aromatic carbocycles.